The number of nitrogens with zero attached hydrogens (tertiary/aromatic N) is 2. The van der Waals surface area contributed by atoms with Crippen molar-refractivity contribution in [2.75, 3.05) is 13.1 Å². The minimum atomic E-state index is -0.415. The molecule has 0 spiro atoms. The Balaban J connectivity index is 2.20. The standard InChI is InChI=1S/C11H15N3O3/c1-3-8-10(15)12-4-5-14(8)11(16)9-6-7(2)13-17-9/h6,8H,3-5H2,1-2H3,(H,12,15). The predicted molar refractivity (Wildman–Crippen MR) is 59.4 cm³/mol. The van der Waals surface area contributed by atoms with Crippen molar-refractivity contribution in [2.24, 2.45) is 0 Å². The van der Waals surface area contributed by atoms with Gasteiger partial charge < -0.3 is 14.7 Å². The number of aryl methyl sites for hydroxylation is 1. The van der Waals surface area contributed by atoms with Gasteiger partial charge >= 0.3 is 0 Å². The molecule has 1 unspecified atom stereocenters. The first-order valence-corrected chi connectivity index (χ1v) is 5.65. The summed E-state index contributed by atoms with van der Waals surface area (Å²) in [6.07, 6.45) is 0.588. The molecular weight excluding hydrogens is 222 g/mol. The molecular formula is C11H15N3O3. The van der Waals surface area contributed by atoms with E-state index in [1.54, 1.807) is 17.9 Å². The highest BCUT2D eigenvalue weighted by Crippen LogP contribution is 2.14. The van der Waals surface area contributed by atoms with E-state index in [1.165, 1.54) is 0 Å². The van der Waals surface area contributed by atoms with Gasteiger partial charge in [0.15, 0.2) is 0 Å². The molecule has 0 saturated carbocycles. The molecule has 0 aliphatic carbocycles. The van der Waals surface area contributed by atoms with Crippen molar-refractivity contribution in [1.29, 1.82) is 0 Å². The van der Waals surface area contributed by atoms with Crippen LogP contribution in [0, 0.1) is 6.92 Å². The van der Waals surface area contributed by atoms with E-state index in [4.69, 9.17) is 4.52 Å². The highest BCUT2D eigenvalue weighted by atomic mass is 16.5. The molecule has 6 nitrogen and oxygen atoms in total. The summed E-state index contributed by atoms with van der Waals surface area (Å²) in [6.45, 7) is 4.61. The number of aromatic nitrogens is 1. The molecule has 1 saturated heterocycles. The first kappa shape index (κ1) is 11.6. The highest BCUT2D eigenvalue weighted by Gasteiger charge is 2.33. The molecule has 0 aromatic carbocycles. The number of hydrogen-bond donors (Lipinski definition) is 1. The normalized spacial score (nSPS) is 20.2. The fraction of sp³-hybridized carbons (Fsp3) is 0.545. The second-order valence-electron chi connectivity index (χ2n) is 4.05. The number of carbonyl (C=O) groups is 2. The molecule has 1 aromatic rings. The maximum Gasteiger partial charge on any atom is 0.293 e. The van der Waals surface area contributed by atoms with Gasteiger partial charge in [0.2, 0.25) is 11.7 Å². The first-order valence-electron chi connectivity index (χ1n) is 5.65. The van der Waals surface area contributed by atoms with E-state index in [0.717, 1.165) is 0 Å². The van der Waals surface area contributed by atoms with Crippen LogP contribution in [-0.4, -0.2) is 41.0 Å². The summed E-state index contributed by atoms with van der Waals surface area (Å²) in [5.74, 6) is -0.189. The van der Waals surface area contributed by atoms with Gasteiger partial charge in [0.25, 0.3) is 5.91 Å². The Kier molecular flexibility index (Phi) is 3.12. The minimum absolute atomic E-state index is 0.108. The summed E-state index contributed by atoms with van der Waals surface area (Å²) < 4.78 is 4.93. The van der Waals surface area contributed by atoms with Crippen LogP contribution < -0.4 is 5.32 Å². The van der Waals surface area contributed by atoms with Crippen LogP contribution in [0.4, 0.5) is 0 Å². The number of nitrogens with one attached hydrogen (secondary N) is 1. The zero-order chi connectivity index (χ0) is 12.4. The SMILES string of the molecule is CCC1C(=O)NCCN1C(=O)c1cc(C)no1. The Hall–Kier alpha value is -1.85. The largest absolute Gasteiger partial charge is 0.353 e. The number of piperazine rings is 1. The van der Waals surface area contributed by atoms with Gasteiger partial charge in [-0.25, -0.2) is 0 Å². The van der Waals surface area contributed by atoms with Crippen LogP contribution in [0.25, 0.3) is 0 Å². The summed E-state index contributed by atoms with van der Waals surface area (Å²) in [4.78, 5) is 25.3. The third-order valence-electron chi connectivity index (χ3n) is 2.82. The molecule has 1 aliphatic rings. The van der Waals surface area contributed by atoms with Crippen molar-refractivity contribution >= 4 is 11.8 Å². The molecule has 17 heavy (non-hydrogen) atoms. The molecule has 0 bridgehead atoms. The third-order valence-corrected chi connectivity index (χ3v) is 2.82. The molecule has 1 aromatic heterocycles. The average molecular weight is 237 g/mol. The van der Waals surface area contributed by atoms with Gasteiger partial charge in [0.1, 0.15) is 6.04 Å². The van der Waals surface area contributed by atoms with Crippen molar-refractivity contribution in [2.45, 2.75) is 26.3 Å². The first-order chi connectivity index (χ1) is 8.13. The molecule has 2 heterocycles. The van der Waals surface area contributed by atoms with Crippen molar-refractivity contribution < 1.29 is 14.1 Å². The Bertz CT molecular complexity index is 441. The smallest absolute Gasteiger partial charge is 0.293 e. The molecule has 2 rings (SSSR count). The van der Waals surface area contributed by atoms with Gasteiger partial charge in [-0.05, 0) is 13.3 Å². The molecule has 6 heteroatoms. The van der Waals surface area contributed by atoms with E-state index in [9.17, 15) is 9.59 Å². The molecule has 1 aliphatic heterocycles. The number of hydrogen-bond acceptors (Lipinski definition) is 4. The predicted octanol–water partition coefficient (Wildman–Crippen LogP) is 0.334. The van der Waals surface area contributed by atoms with Crippen LogP contribution in [0.3, 0.4) is 0 Å². The quantitative estimate of drug-likeness (QED) is 0.804. The minimum Gasteiger partial charge on any atom is -0.353 e. The summed E-state index contributed by atoms with van der Waals surface area (Å²) >= 11 is 0. The van der Waals surface area contributed by atoms with Crippen molar-refractivity contribution in [3.63, 3.8) is 0 Å². The Labute approximate surface area is 98.9 Å². The van der Waals surface area contributed by atoms with Gasteiger partial charge in [-0.2, -0.15) is 0 Å². The van der Waals surface area contributed by atoms with Crippen LogP contribution in [0.5, 0.6) is 0 Å². The van der Waals surface area contributed by atoms with Gasteiger partial charge in [0.05, 0.1) is 5.69 Å². The lowest BCUT2D eigenvalue weighted by Crippen LogP contribution is -2.56. The van der Waals surface area contributed by atoms with Crippen molar-refractivity contribution in [3.8, 4) is 0 Å². The fourth-order valence-corrected chi connectivity index (χ4v) is 1.97. The molecule has 1 atom stereocenters. The second kappa shape index (κ2) is 4.57. The lowest BCUT2D eigenvalue weighted by molar-refractivity contribution is -0.127. The highest BCUT2D eigenvalue weighted by molar-refractivity contribution is 5.96. The van der Waals surface area contributed by atoms with Crippen LogP contribution in [0.1, 0.15) is 29.6 Å². The van der Waals surface area contributed by atoms with Crippen molar-refractivity contribution in [1.82, 2.24) is 15.4 Å². The Morgan fingerprint density at radius 1 is 1.71 bits per heavy atom. The maximum absolute atomic E-state index is 12.1. The number of rotatable bonds is 2. The van der Waals surface area contributed by atoms with Gasteiger partial charge in [-0.3, -0.25) is 9.59 Å². The Morgan fingerprint density at radius 2 is 2.47 bits per heavy atom. The van der Waals surface area contributed by atoms with E-state index in [-0.39, 0.29) is 17.6 Å². The lowest BCUT2D eigenvalue weighted by Gasteiger charge is -2.33. The van der Waals surface area contributed by atoms with Crippen LogP contribution >= 0.6 is 0 Å². The van der Waals surface area contributed by atoms with E-state index in [2.05, 4.69) is 10.5 Å². The van der Waals surface area contributed by atoms with Crippen LogP contribution in [0.15, 0.2) is 10.6 Å². The van der Waals surface area contributed by atoms with Crippen LogP contribution in [-0.2, 0) is 4.79 Å². The molecule has 2 amide bonds. The van der Waals surface area contributed by atoms with E-state index in [0.29, 0.717) is 25.2 Å². The third kappa shape index (κ3) is 2.15. The summed E-state index contributed by atoms with van der Waals surface area (Å²) in [6, 6.07) is 1.17. The molecule has 1 fully saturated rings. The Morgan fingerprint density at radius 3 is 3.06 bits per heavy atom. The average Bonchev–Trinajstić information content (AvgIpc) is 2.74. The number of amides is 2. The molecule has 92 valence electrons. The van der Waals surface area contributed by atoms with Crippen molar-refractivity contribution in [3.05, 3.63) is 17.5 Å². The maximum atomic E-state index is 12.1. The second-order valence-corrected chi connectivity index (χ2v) is 4.05. The number of carbonyl (C=O) groups excluding carboxylic acids is 2. The summed E-state index contributed by atoms with van der Waals surface area (Å²) in [7, 11) is 0. The fourth-order valence-electron chi connectivity index (χ4n) is 1.97. The van der Waals surface area contributed by atoms with E-state index in [1.807, 2.05) is 6.92 Å². The molecule has 0 radical (unpaired) electrons. The molecule has 1 N–H and O–H groups in total. The lowest BCUT2D eigenvalue weighted by atomic mass is 10.1. The zero-order valence-electron chi connectivity index (χ0n) is 9.90. The summed E-state index contributed by atoms with van der Waals surface area (Å²) in [5, 5.41) is 6.42. The van der Waals surface area contributed by atoms with Gasteiger partial charge in [0, 0.05) is 19.2 Å². The topological polar surface area (TPSA) is 75.4 Å². The van der Waals surface area contributed by atoms with E-state index >= 15 is 0 Å². The van der Waals surface area contributed by atoms with E-state index < -0.39 is 6.04 Å². The summed E-state index contributed by atoms with van der Waals surface area (Å²) in [5.41, 5.74) is 0.655. The van der Waals surface area contributed by atoms with Crippen LogP contribution in [0.2, 0.25) is 0 Å². The zero-order valence-corrected chi connectivity index (χ0v) is 9.90. The monoisotopic (exact) mass is 237 g/mol. The van der Waals surface area contributed by atoms with Gasteiger partial charge in [-0.1, -0.05) is 12.1 Å². The van der Waals surface area contributed by atoms with Gasteiger partial charge in [-0.15, -0.1) is 0 Å².